The number of nitrogens with zero attached hydrogens (tertiary/aromatic N) is 1. The molecule has 1 heterocycles. The summed E-state index contributed by atoms with van der Waals surface area (Å²) < 4.78 is 1.36. The maximum Gasteiger partial charge on any atom is 0.183 e. The van der Waals surface area contributed by atoms with Gasteiger partial charge in [0.05, 0.1) is 10.4 Å². The van der Waals surface area contributed by atoms with Gasteiger partial charge in [-0.3, -0.25) is 0 Å². The van der Waals surface area contributed by atoms with E-state index in [-0.39, 0.29) is 0 Å². The van der Waals surface area contributed by atoms with Crippen LogP contribution in [0.15, 0.2) is 10.4 Å². The monoisotopic (exact) mass is 242 g/mol. The minimum Gasteiger partial charge on any atom is -0.359 e. The summed E-state index contributed by atoms with van der Waals surface area (Å²) in [4.78, 5) is 4.38. The zero-order chi connectivity index (χ0) is 10.5. The Bertz CT molecular complexity index is 295. The second-order valence-corrected chi connectivity index (χ2v) is 6.38. The first-order chi connectivity index (χ1) is 7.38. The van der Waals surface area contributed by atoms with E-state index in [1.165, 1.54) is 42.1 Å². The third-order valence-electron chi connectivity index (χ3n) is 2.38. The van der Waals surface area contributed by atoms with Gasteiger partial charge in [0.25, 0.3) is 0 Å². The van der Waals surface area contributed by atoms with Crippen LogP contribution in [0.2, 0.25) is 0 Å². The van der Waals surface area contributed by atoms with E-state index in [2.05, 4.69) is 17.2 Å². The molecule has 84 valence electrons. The minimum absolute atomic E-state index is 0.717. The highest BCUT2D eigenvalue weighted by Gasteiger charge is 2.21. The number of thiazole rings is 1. The highest BCUT2D eigenvalue weighted by molar-refractivity contribution is 8.01. The molecule has 15 heavy (non-hydrogen) atoms. The fourth-order valence-corrected chi connectivity index (χ4v) is 3.35. The van der Waals surface area contributed by atoms with Gasteiger partial charge in [-0.1, -0.05) is 31.1 Å². The first-order valence-corrected chi connectivity index (χ1v) is 7.54. The van der Waals surface area contributed by atoms with Crippen LogP contribution in [-0.4, -0.2) is 16.8 Å². The van der Waals surface area contributed by atoms with Gasteiger partial charge in [-0.15, -0.1) is 11.8 Å². The van der Waals surface area contributed by atoms with Gasteiger partial charge in [0.1, 0.15) is 0 Å². The summed E-state index contributed by atoms with van der Waals surface area (Å²) in [7, 11) is 0. The Morgan fingerprint density at radius 3 is 3.13 bits per heavy atom. The van der Waals surface area contributed by atoms with E-state index in [9.17, 15) is 0 Å². The van der Waals surface area contributed by atoms with Crippen LogP contribution in [0.3, 0.4) is 0 Å². The van der Waals surface area contributed by atoms with Crippen LogP contribution in [0.4, 0.5) is 5.13 Å². The minimum atomic E-state index is 0.717. The second kappa shape index (κ2) is 5.75. The van der Waals surface area contributed by atoms with Gasteiger partial charge < -0.3 is 5.32 Å². The van der Waals surface area contributed by atoms with Crippen LogP contribution in [0.1, 0.15) is 39.0 Å². The molecule has 0 saturated heterocycles. The van der Waals surface area contributed by atoms with Crippen molar-refractivity contribution in [1.29, 1.82) is 0 Å². The summed E-state index contributed by atoms with van der Waals surface area (Å²) in [6.07, 6.45) is 8.62. The number of hydrogen-bond donors (Lipinski definition) is 1. The van der Waals surface area contributed by atoms with Crippen molar-refractivity contribution < 1.29 is 0 Å². The normalized spacial score (nSPS) is 15.5. The highest BCUT2D eigenvalue weighted by Crippen LogP contribution is 2.32. The maximum atomic E-state index is 4.38. The molecule has 1 aromatic rings. The summed E-state index contributed by atoms with van der Waals surface area (Å²) in [5, 5.41) is 4.54. The molecule has 0 aromatic carbocycles. The zero-order valence-electron chi connectivity index (χ0n) is 9.16. The molecule has 2 rings (SSSR count). The Labute approximate surface area is 99.9 Å². The Kier molecular flexibility index (Phi) is 4.32. The molecule has 4 heteroatoms. The lowest BCUT2D eigenvalue weighted by molar-refractivity contribution is 0.779. The second-order valence-electron chi connectivity index (χ2n) is 3.96. The van der Waals surface area contributed by atoms with Gasteiger partial charge in [-0.25, -0.2) is 4.98 Å². The Morgan fingerprint density at radius 2 is 2.40 bits per heavy atom. The van der Waals surface area contributed by atoms with Gasteiger partial charge in [0.15, 0.2) is 5.13 Å². The number of aromatic nitrogens is 1. The lowest BCUT2D eigenvalue weighted by atomic mass is 10.3. The van der Waals surface area contributed by atoms with E-state index in [0.29, 0.717) is 6.04 Å². The average Bonchev–Trinajstić information content (AvgIpc) is 2.93. The van der Waals surface area contributed by atoms with Crippen LogP contribution >= 0.6 is 23.1 Å². The van der Waals surface area contributed by atoms with Crippen LogP contribution in [0.5, 0.6) is 0 Å². The third kappa shape index (κ3) is 4.03. The molecule has 1 fully saturated rings. The summed E-state index contributed by atoms with van der Waals surface area (Å²) in [6, 6.07) is 0.717. The van der Waals surface area contributed by atoms with Crippen molar-refractivity contribution in [3.63, 3.8) is 0 Å². The Morgan fingerprint density at radius 1 is 1.53 bits per heavy atom. The van der Waals surface area contributed by atoms with Gasteiger partial charge in [-0.2, -0.15) is 0 Å². The molecule has 1 N–H and O–H groups in total. The van der Waals surface area contributed by atoms with E-state index < -0.39 is 0 Å². The van der Waals surface area contributed by atoms with Crippen molar-refractivity contribution in [2.75, 3.05) is 11.1 Å². The first kappa shape index (κ1) is 11.3. The molecule has 0 unspecified atom stereocenters. The van der Waals surface area contributed by atoms with Crippen LogP contribution < -0.4 is 5.32 Å². The first-order valence-electron chi connectivity index (χ1n) is 5.73. The Balaban J connectivity index is 1.69. The SMILES string of the molecule is CCCCCSc1cnc(NC2CC2)s1. The van der Waals surface area contributed by atoms with E-state index in [0.717, 1.165) is 5.13 Å². The molecule has 1 aromatic heterocycles. The number of unbranched alkanes of at least 4 members (excludes halogenated alkanes) is 2. The molecule has 0 spiro atoms. The van der Waals surface area contributed by atoms with E-state index in [1.807, 2.05) is 18.0 Å². The van der Waals surface area contributed by atoms with Gasteiger partial charge in [0.2, 0.25) is 0 Å². The highest BCUT2D eigenvalue weighted by atomic mass is 32.2. The molecule has 1 saturated carbocycles. The van der Waals surface area contributed by atoms with E-state index in [1.54, 1.807) is 11.3 Å². The molecule has 0 amide bonds. The van der Waals surface area contributed by atoms with Crippen molar-refractivity contribution in [1.82, 2.24) is 4.98 Å². The van der Waals surface area contributed by atoms with Crippen LogP contribution in [0.25, 0.3) is 0 Å². The third-order valence-corrected chi connectivity index (χ3v) is 4.59. The molecule has 0 bridgehead atoms. The van der Waals surface area contributed by atoms with Crippen molar-refractivity contribution in [3.8, 4) is 0 Å². The molecule has 0 aliphatic heterocycles. The van der Waals surface area contributed by atoms with Crippen molar-refractivity contribution in [2.45, 2.75) is 49.3 Å². The average molecular weight is 242 g/mol. The summed E-state index contributed by atoms with van der Waals surface area (Å²) in [5.41, 5.74) is 0. The van der Waals surface area contributed by atoms with Gasteiger partial charge >= 0.3 is 0 Å². The number of rotatable bonds is 7. The van der Waals surface area contributed by atoms with Crippen LogP contribution in [0, 0.1) is 0 Å². The molecular weight excluding hydrogens is 224 g/mol. The quantitative estimate of drug-likeness (QED) is 0.578. The zero-order valence-corrected chi connectivity index (χ0v) is 10.8. The van der Waals surface area contributed by atoms with Crippen molar-refractivity contribution >= 4 is 28.2 Å². The fraction of sp³-hybridized carbons (Fsp3) is 0.727. The fourth-order valence-electron chi connectivity index (χ4n) is 1.32. The Hall–Kier alpha value is -0.220. The van der Waals surface area contributed by atoms with E-state index >= 15 is 0 Å². The number of nitrogens with one attached hydrogen (secondary N) is 1. The summed E-state index contributed by atoms with van der Waals surface area (Å²) >= 11 is 3.74. The number of thioether (sulfide) groups is 1. The lowest BCUT2D eigenvalue weighted by Crippen LogP contribution is -1.98. The molecule has 2 nitrogen and oxygen atoms in total. The van der Waals surface area contributed by atoms with Gasteiger partial charge in [-0.05, 0) is 25.0 Å². The predicted molar refractivity (Wildman–Crippen MR) is 69.0 cm³/mol. The molecular formula is C11H18N2S2. The summed E-state index contributed by atoms with van der Waals surface area (Å²) in [5.74, 6) is 1.24. The topological polar surface area (TPSA) is 24.9 Å². The number of hydrogen-bond acceptors (Lipinski definition) is 4. The molecule has 0 radical (unpaired) electrons. The number of anilines is 1. The van der Waals surface area contributed by atoms with Gasteiger partial charge in [0, 0.05) is 6.04 Å². The molecule has 1 aliphatic carbocycles. The molecule has 0 atom stereocenters. The largest absolute Gasteiger partial charge is 0.359 e. The van der Waals surface area contributed by atoms with E-state index in [4.69, 9.17) is 0 Å². The van der Waals surface area contributed by atoms with Crippen molar-refractivity contribution in [3.05, 3.63) is 6.20 Å². The smallest absolute Gasteiger partial charge is 0.183 e. The lowest BCUT2D eigenvalue weighted by Gasteiger charge is -1.97. The van der Waals surface area contributed by atoms with Crippen LogP contribution in [-0.2, 0) is 0 Å². The maximum absolute atomic E-state index is 4.38. The summed E-state index contributed by atoms with van der Waals surface area (Å²) in [6.45, 7) is 2.25. The molecule has 1 aliphatic rings. The predicted octanol–water partition coefficient (Wildman–Crippen LogP) is 4.00. The van der Waals surface area contributed by atoms with Crippen molar-refractivity contribution in [2.24, 2.45) is 0 Å². The standard InChI is InChI=1S/C11H18N2S2/c1-2-3-4-7-14-10-8-12-11(15-10)13-9-5-6-9/h8-9H,2-7H2,1H3,(H,12,13).